The fourth-order valence-electron chi connectivity index (χ4n) is 3.79. The van der Waals surface area contributed by atoms with E-state index in [4.69, 9.17) is 0 Å². The first-order chi connectivity index (χ1) is 12.6. The van der Waals surface area contributed by atoms with Gasteiger partial charge in [0.1, 0.15) is 6.54 Å². The summed E-state index contributed by atoms with van der Waals surface area (Å²) in [5.41, 5.74) is 1.80. The normalized spacial score (nSPS) is 24.7. The zero-order valence-corrected chi connectivity index (χ0v) is 17.1. The molecule has 2 saturated heterocycles. The number of amides is 2. The van der Waals surface area contributed by atoms with Crippen LogP contribution in [-0.4, -0.2) is 102 Å². The number of likely N-dealkylation sites (N-methyl/N-ethyl adjacent to an activating group) is 1. The number of hydrogen-bond acceptors (Lipinski definition) is 6. The number of imidazole rings is 1. The van der Waals surface area contributed by atoms with E-state index in [0.29, 0.717) is 13.1 Å². The first-order valence-electron chi connectivity index (χ1n) is 9.01. The van der Waals surface area contributed by atoms with Crippen LogP contribution in [0.5, 0.6) is 0 Å². The van der Waals surface area contributed by atoms with Gasteiger partial charge in [-0.05, 0) is 13.8 Å². The molecular weight excluding hydrogens is 370 g/mol. The largest absolute Gasteiger partial charge is 0.348 e. The third-order valence-electron chi connectivity index (χ3n) is 5.60. The van der Waals surface area contributed by atoms with Crippen molar-refractivity contribution in [3.63, 3.8) is 0 Å². The van der Waals surface area contributed by atoms with E-state index in [2.05, 4.69) is 4.98 Å². The van der Waals surface area contributed by atoms with Gasteiger partial charge in [-0.1, -0.05) is 0 Å². The van der Waals surface area contributed by atoms with Crippen LogP contribution in [0, 0.1) is 13.8 Å². The lowest BCUT2D eigenvalue weighted by Crippen LogP contribution is -2.62. The zero-order valence-electron chi connectivity index (χ0n) is 16.3. The monoisotopic (exact) mass is 397 g/mol. The Kier molecular flexibility index (Phi) is 5.31. The zero-order chi connectivity index (χ0) is 19.9. The number of carbonyl (C=O) groups excluding carboxylic acids is 2. The molecule has 0 spiro atoms. The van der Waals surface area contributed by atoms with Gasteiger partial charge in [0.2, 0.25) is 11.8 Å². The van der Waals surface area contributed by atoms with Crippen LogP contribution in [0.4, 0.5) is 0 Å². The van der Waals surface area contributed by atoms with Crippen molar-refractivity contribution >= 4 is 21.7 Å². The summed E-state index contributed by atoms with van der Waals surface area (Å²) in [6.07, 6.45) is 1.64. The fourth-order valence-corrected chi connectivity index (χ4v) is 5.80. The lowest BCUT2D eigenvalue weighted by Gasteiger charge is -2.43. The summed E-state index contributed by atoms with van der Waals surface area (Å²) in [6, 6.07) is -0.738. The number of sulfone groups is 1. The van der Waals surface area contributed by atoms with Gasteiger partial charge in [0, 0.05) is 38.9 Å². The summed E-state index contributed by atoms with van der Waals surface area (Å²) >= 11 is 0. The summed E-state index contributed by atoms with van der Waals surface area (Å²) < 4.78 is 26.3. The quantitative estimate of drug-likeness (QED) is 0.640. The second kappa shape index (κ2) is 7.23. The average molecular weight is 398 g/mol. The Morgan fingerprint density at radius 1 is 1.15 bits per heavy atom. The SMILES string of the molecule is Cc1ncn(CC(=O)N2CCN(CC(=O)N(C)C)[C@@H]3CS(=O)(=O)C[C@@H]32)c1C. The number of piperazine rings is 1. The molecule has 27 heavy (non-hydrogen) atoms. The van der Waals surface area contributed by atoms with Gasteiger partial charge in [0.05, 0.1) is 36.1 Å². The van der Waals surface area contributed by atoms with Crippen molar-refractivity contribution in [2.24, 2.45) is 0 Å². The van der Waals surface area contributed by atoms with Crippen LogP contribution in [0.25, 0.3) is 0 Å². The van der Waals surface area contributed by atoms with Crippen molar-refractivity contribution in [1.29, 1.82) is 0 Å². The van der Waals surface area contributed by atoms with Crippen molar-refractivity contribution in [3.05, 3.63) is 17.7 Å². The van der Waals surface area contributed by atoms with Gasteiger partial charge in [0.15, 0.2) is 9.84 Å². The van der Waals surface area contributed by atoms with Crippen molar-refractivity contribution in [2.75, 3.05) is 45.2 Å². The van der Waals surface area contributed by atoms with E-state index >= 15 is 0 Å². The number of aryl methyl sites for hydroxylation is 1. The average Bonchev–Trinajstić information content (AvgIpc) is 3.07. The molecule has 0 radical (unpaired) electrons. The summed E-state index contributed by atoms with van der Waals surface area (Å²) in [7, 11) is 0.121. The van der Waals surface area contributed by atoms with Crippen molar-refractivity contribution in [3.8, 4) is 0 Å². The molecule has 1 aromatic heterocycles. The minimum Gasteiger partial charge on any atom is -0.348 e. The standard InChI is InChI=1S/C17H27N5O4S/c1-12-13(2)21(11-18-12)8-17(24)22-6-5-20(7-16(23)19(3)4)14-9-27(25,26)10-15(14)22/h11,14-15H,5-10H2,1-4H3/t14-,15+/m1/s1. The maximum absolute atomic E-state index is 12.9. The van der Waals surface area contributed by atoms with Crippen molar-refractivity contribution in [2.45, 2.75) is 32.5 Å². The number of hydrogen-bond donors (Lipinski definition) is 0. The Labute approximate surface area is 159 Å². The predicted octanol–water partition coefficient (Wildman–Crippen LogP) is -1.10. The lowest BCUT2D eigenvalue weighted by molar-refractivity contribution is -0.139. The van der Waals surface area contributed by atoms with E-state index < -0.39 is 15.9 Å². The maximum atomic E-state index is 12.9. The number of nitrogens with zero attached hydrogens (tertiary/aromatic N) is 5. The summed E-state index contributed by atoms with van der Waals surface area (Å²) in [5.74, 6) is -0.230. The van der Waals surface area contributed by atoms with Crippen molar-refractivity contribution in [1.82, 2.24) is 24.3 Å². The van der Waals surface area contributed by atoms with Crippen LogP contribution in [0.2, 0.25) is 0 Å². The van der Waals surface area contributed by atoms with Gasteiger partial charge in [-0.2, -0.15) is 0 Å². The Balaban J connectivity index is 1.77. The van der Waals surface area contributed by atoms with Gasteiger partial charge in [-0.3, -0.25) is 14.5 Å². The molecule has 3 rings (SSSR count). The molecule has 0 bridgehead atoms. The minimum absolute atomic E-state index is 0.00856. The molecule has 150 valence electrons. The van der Waals surface area contributed by atoms with Crippen LogP contribution < -0.4 is 0 Å². The Morgan fingerprint density at radius 3 is 2.41 bits per heavy atom. The van der Waals surface area contributed by atoms with Crippen molar-refractivity contribution < 1.29 is 18.0 Å². The van der Waals surface area contributed by atoms with Crippen LogP contribution in [0.1, 0.15) is 11.4 Å². The van der Waals surface area contributed by atoms with Crippen LogP contribution in [0.15, 0.2) is 6.33 Å². The molecule has 10 heteroatoms. The molecular formula is C17H27N5O4S. The highest BCUT2D eigenvalue weighted by molar-refractivity contribution is 7.91. The Morgan fingerprint density at radius 2 is 1.81 bits per heavy atom. The van der Waals surface area contributed by atoms with E-state index in [9.17, 15) is 18.0 Å². The van der Waals surface area contributed by atoms with E-state index in [1.54, 1.807) is 29.9 Å². The van der Waals surface area contributed by atoms with E-state index in [1.165, 1.54) is 4.90 Å². The molecule has 0 saturated carbocycles. The molecule has 2 amide bonds. The molecule has 2 fully saturated rings. The summed E-state index contributed by atoms with van der Waals surface area (Å²) in [5, 5.41) is 0. The van der Waals surface area contributed by atoms with E-state index in [1.807, 2.05) is 18.7 Å². The minimum atomic E-state index is -3.24. The molecule has 9 nitrogen and oxygen atoms in total. The molecule has 2 aliphatic heterocycles. The fraction of sp³-hybridized carbons (Fsp3) is 0.706. The number of aromatic nitrogens is 2. The molecule has 0 aliphatic carbocycles. The molecule has 1 aromatic rings. The van der Waals surface area contributed by atoms with Crippen LogP contribution in [-0.2, 0) is 26.0 Å². The second-order valence-electron chi connectivity index (χ2n) is 7.60. The lowest BCUT2D eigenvalue weighted by atomic mass is 10.0. The number of fused-ring (bicyclic) bond motifs is 1. The molecule has 0 unspecified atom stereocenters. The highest BCUT2D eigenvalue weighted by atomic mass is 32.2. The van der Waals surface area contributed by atoms with Gasteiger partial charge in [0.25, 0.3) is 0 Å². The molecule has 0 N–H and O–H groups in total. The van der Waals surface area contributed by atoms with E-state index in [-0.39, 0.29) is 42.5 Å². The first-order valence-corrected chi connectivity index (χ1v) is 10.8. The predicted molar refractivity (Wildman–Crippen MR) is 99.9 cm³/mol. The van der Waals surface area contributed by atoms with Gasteiger partial charge in [-0.25, -0.2) is 13.4 Å². The highest BCUT2D eigenvalue weighted by Gasteiger charge is 2.48. The number of rotatable bonds is 4. The van der Waals surface area contributed by atoms with Gasteiger partial charge >= 0.3 is 0 Å². The smallest absolute Gasteiger partial charge is 0.242 e. The molecule has 2 aliphatic rings. The third-order valence-corrected chi connectivity index (χ3v) is 7.30. The second-order valence-corrected chi connectivity index (χ2v) is 9.75. The third kappa shape index (κ3) is 4.01. The Bertz CT molecular complexity index is 848. The topological polar surface area (TPSA) is 95.8 Å². The summed E-state index contributed by atoms with van der Waals surface area (Å²) in [4.78, 5) is 34.3. The molecule has 0 aromatic carbocycles. The van der Waals surface area contributed by atoms with Gasteiger partial charge < -0.3 is 14.4 Å². The first kappa shape index (κ1) is 19.8. The van der Waals surface area contributed by atoms with Gasteiger partial charge in [-0.15, -0.1) is 0 Å². The highest BCUT2D eigenvalue weighted by Crippen LogP contribution is 2.27. The number of carbonyl (C=O) groups is 2. The summed E-state index contributed by atoms with van der Waals surface area (Å²) in [6.45, 7) is 5.02. The van der Waals surface area contributed by atoms with Crippen LogP contribution >= 0.6 is 0 Å². The molecule has 3 heterocycles. The molecule has 2 atom stereocenters. The Hall–Kier alpha value is -1.94. The maximum Gasteiger partial charge on any atom is 0.242 e. The van der Waals surface area contributed by atoms with E-state index in [0.717, 1.165) is 11.4 Å². The van der Waals surface area contributed by atoms with Crippen LogP contribution in [0.3, 0.4) is 0 Å².